The Kier molecular flexibility index (Phi) is 4.14. The van der Waals surface area contributed by atoms with Gasteiger partial charge in [-0.2, -0.15) is 0 Å². The Balaban J connectivity index is 3.28. The number of rotatable bonds is 4. The minimum absolute atomic E-state index is 1.01. The molecule has 2 heteroatoms. The van der Waals surface area contributed by atoms with Gasteiger partial charge in [0.15, 0.2) is 0 Å². The van der Waals surface area contributed by atoms with Crippen molar-refractivity contribution in [3.8, 4) is 0 Å². The van der Waals surface area contributed by atoms with Crippen molar-refractivity contribution < 1.29 is 0 Å². The Labute approximate surface area is 57.5 Å². The van der Waals surface area contributed by atoms with Crippen LogP contribution in [0, 0.1) is 0 Å². The zero-order valence-corrected chi connectivity index (χ0v) is 6.57. The van der Waals surface area contributed by atoms with Gasteiger partial charge in [-0.1, -0.05) is 6.58 Å². The number of nitrogens with one attached hydrogen (secondary N) is 1. The molecule has 1 N–H and O–H groups in total. The van der Waals surface area contributed by atoms with Crippen LogP contribution in [0.4, 0.5) is 0 Å². The molecule has 0 aliphatic rings. The molecule has 0 spiro atoms. The lowest BCUT2D eigenvalue weighted by Crippen LogP contribution is -2.15. The standard InChI is InChI=1S/C7H16N2/c1-7(9(3)4)5-6-8-2/h8H,1,5-6H2,2-4H3. The highest BCUT2D eigenvalue weighted by Gasteiger charge is 1.92. The molecular weight excluding hydrogens is 112 g/mol. The van der Waals surface area contributed by atoms with Gasteiger partial charge in [0.2, 0.25) is 0 Å². The van der Waals surface area contributed by atoms with Crippen LogP contribution in [0.5, 0.6) is 0 Å². The smallest absolute Gasteiger partial charge is 0.00672 e. The summed E-state index contributed by atoms with van der Waals surface area (Å²) in [4.78, 5) is 2.04. The summed E-state index contributed by atoms with van der Waals surface area (Å²) in [5.41, 5.74) is 1.17. The van der Waals surface area contributed by atoms with Crippen LogP contribution in [0.15, 0.2) is 12.3 Å². The van der Waals surface area contributed by atoms with Crippen LogP contribution in [0.25, 0.3) is 0 Å². The van der Waals surface area contributed by atoms with Crippen LogP contribution < -0.4 is 5.32 Å². The summed E-state index contributed by atoms with van der Waals surface area (Å²) in [5, 5.41) is 3.07. The van der Waals surface area contributed by atoms with Gasteiger partial charge in [-0.25, -0.2) is 0 Å². The van der Waals surface area contributed by atoms with Crippen LogP contribution in [0.1, 0.15) is 6.42 Å². The van der Waals surface area contributed by atoms with Crippen LogP contribution in [0.2, 0.25) is 0 Å². The van der Waals surface area contributed by atoms with Crippen LogP contribution >= 0.6 is 0 Å². The predicted octanol–water partition coefficient (Wildman–Crippen LogP) is 0.671. The minimum Gasteiger partial charge on any atom is -0.381 e. The Hall–Kier alpha value is -0.500. The quantitative estimate of drug-likeness (QED) is 0.598. The van der Waals surface area contributed by atoms with Gasteiger partial charge >= 0.3 is 0 Å². The fourth-order valence-electron chi connectivity index (χ4n) is 0.493. The molecule has 0 bridgehead atoms. The van der Waals surface area contributed by atoms with Gasteiger partial charge in [0.1, 0.15) is 0 Å². The lowest BCUT2D eigenvalue weighted by atomic mass is 10.3. The first-order valence-corrected chi connectivity index (χ1v) is 3.18. The van der Waals surface area contributed by atoms with Crippen molar-refractivity contribution in [3.05, 3.63) is 12.3 Å². The van der Waals surface area contributed by atoms with Crippen molar-refractivity contribution in [1.29, 1.82) is 0 Å². The second-order valence-corrected chi connectivity index (χ2v) is 2.31. The minimum atomic E-state index is 1.01. The first-order chi connectivity index (χ1) is 4.18. The van der Waals surface area contributed by atoms with Gasteiger partial charge < -0.3 is 10.2 Å². The van der Waals surface area contributed by atoms with E-state index in [4.69, 9.17) is 0 Å². The van der Waals surface area contributed by atoms with E-state index in [2.05, 4.69) is 11.9 Å². The highest BCUT2D eigenvalue weighted by molar-refractivity contribution is 4.90. The van der Waals surface area contributed by atoms with E-state index in [1.807, 2.05) is 26.0 Å². The van der Waals surface area contributed by atoms with E-state index in [1.54, 1.807) is 0 Å². The SMILES string of the molecule is C=C(CCNC)N(C)C. The van der Waals surface area contributed by atoms with Gasteiger partial charge in [-0.15, -0.1) is 0 Å². The van der Waals surface area contributed by atoms with Crippen molar-refractivity contribution in [2.24, 2.45) is 0 Å². The number of hydrogen-bond acceptors (Lipinski definition) is 2. The van der Waals surface area contributed by atoms with Crippen molar-refractivity contribution in [3.63, 3.8) is 0 Å². The fraction of sp³-hybridized carbons (Fsp3) is 0.714. The zero-order valence-electron chi connectivity index (χ0n) is 6.57. The summed E-state index contributed by atoms with van der Waals surface area (Å²) in [7, 11) is 5.97. The second kappa shape index (κ2) is 4.39. The molecule has 0 amide bonds. The summed E-state index contributed by atoms with van der Waals surface area (Å²) >= 11 is 0. The number of hydrogen-bond donors (Lipinski definition) is 1. The maximum atomic E-state index is 3.88. The average Bonchev–Trinajstić information content (AvgIpc) is 1.82. The largest absolute Gasteiger partial charge is 0.381 e. The zero-order chi connectivity index (χ0) is 7.28. The summed E-state index contributed by atoms with van der Waals surface area (Å²) < 4.78 is 0. The van der Waals surface area contributed by atoms with Crippen molar-refractivity contribution in [1.82, 2.24) is 10.2 Å². The molecule has 9 heavy (non-hydrogen) atoms. The molecule has 0 aliphatic heterocycles. The monoisotopic (exact) mass is 128 g/mol. The van der Waals surface area contributed by atoms with Crippen LogP contribution in [-0.2, 0) is 0 Å². The lowest BCUT2D eigenvalue weighted by molar-refractivity contribution is 0.485. The highest BCUT2D eigenvalue weighted by atomic mass is 15.1. The summed E-state index contributed by atoms with van der Waals surface area (Å²) in [6.45, 7) is 4.89. The van der Waals surface area contributed by atoms with Crippen molar-refractivity contribution in [2.75, 3.05) is 27.7 Å². The molecule has 0 fully saturated rings. The van der Waals surface area contributed by atoms with E-state index in [0.717, 1.165) is 13.0 Å². The third kappa shape index (κ3) is 4.03. The van der Waals surface area contributed by atoms with Gasteiger partial charge in [0.25, 0.3) is 0 Å². The lowest BCUT2D eigenvalue weighted by Gasteiger charge is -2.14. The molecule has 0 unspecified atom stereocenters. The molecule has 0 aliphatic carbocycles. The van der Waals surface area contributed by atoms with Gasteiger partial charge in [-0.05, 0) is 13.5 Å². The maximum Gasteiger partial charge on any atom is 0.00672 e. The first kappa shape index (κ1) is 8.50. The van der Waals surface area contributed by atoms with E-state index < -0.39 is 0 Å². The summed E-state index contributed by atoms with van der Waals surface area (Å²) in [6, 6.07) is 0. The molecule has 0 aromatic rings. The molecular formula is C7H16N2. The van der Waals surface area contributed by atoms with Gasteiger partial charge in [0.05, 0.1) is 0 Å². The molecule has 0 saturated heterocycles. The Bertz CT molecular complexity index is 86.9. The predicted molar refractivity (Wildman–Crippen MR) is 41.4 cm³/mol. The molecule has 2 nitrogen and oxygen atoms in total. The average molecular weight is 128 g/mol. The molecule has 0 aromatic carbocycles. The molecule has 0 heterocycles. The third-order valence-corrected chi connectivity index (χ3v) is 1.30. The second-order valence-electron chi connectivity index (χ2n) is 2.31. The Morgan fingerprint density at radius 3 is 2.44 bits per heavy atom. The Morgan fingerprint density at radius 1 is 1.56 bits per heavy atom. The van der Waals surface area contributed by atoms with E-state index in [9.17, 15) is 0 Å². The molecule has 0 aromatic heterocycles. The van der Waals surface area contributed by atoms with E-state index in [0.29, 0.717) is 0 Å². The van der Waals surface area contributed by atoms with Crippen molar-refractivity contribution in [2.45, 2.75) is 6.42 Å². The van der Waals surface area contributed by atoms with Gasteiger partial charge in [-0.3, -0.25) is 0 Å². The topological polar surface area (TPSA) is 15.3 Å². The molecule has 0 saturated carbocycles. The van der Waals surface area contributed by atoms with Crippen molar-refractivity contribution >= 4 is 0 Å². The third-order valence-electron chi connectivity index (χ3n) is 1.30. The molecule has 54 valence electrons. The first-order valence-electron chi connectivity index (χ1n) is 3.18. The molecule has 0 radical (unpaired) electrons. The van der Waals surface area contributed by atoms with E-state index in [-0.39, 0.29) is 0 Å². The highest BCUT2D eigenvalue weighted by Crippen LogP contribution is 1.97. The Morgan fingerprint density at radius 2 is 2.11 bits per heavy atom. The summed E-state index contributed by atoms with van der Waals surface area (Å²) in [6.07, 6.45) is 1.03. The van der Waals surface area contributed by atoms with E-state index in [1.165, 1.54) is 5.70 Å². The fourth-order valence-corrected chi connectivity index (χ4v) is 0.493. The normalized spacial score (nSPS) is 9.22. The van der Waals surface area contributed by atoms with Crippen LogP contribution in [-0.4, -0.2) is 32.6 Å². The summed E-state index contributed by atoms with van der Waals surface area (Å²) in [5.74, 6) is 0. The van der Waals surface area contributed by atoms with E-state index >= 15 is 0 Å². The maximum absolute atomic E-state index is 3.88. The van der Waals surface area contributed by atoms with Crippen LogP contribution in [0.3, 0.4) is 0 Å². The number of nitrogens with zero attached hydrogens (tertiary/aromatic N) is 1. The van der Waals surface area contributed by atoms with Gasteiger partial charge in [0, 0.05) is 26.3 Å². The molecule has 0 atom stereocenters. The molecule has 0 rings (SSSR count).